The molecule has 1 unspecified atom stereocenters. The molecule has 4 nitrogen and oxygen atoms in total. The molecule has 4 heteroatoms. The lowest BCUT2D eigenvalue weighted by atomic mass is 10.2. The number of rotatable bonds is 8. The molecule has 0 N–H and O–H groups in total. The van der Waals surface area contributed by atoms with Gasteiger partial charge >= 0.3 is 5.97 Å². The molecule has 17 heavy (non-hydrogen) atoms. The quantitative estimate of drug-likeness (QED) is 0.615. The average molecular weight is 243 g/mol. The zero-order chi connectivity index (χ0) is 13.3. The van der Waals surface area contributed by atoms with E-state index in [2.05, 4.69) is 0 Å². The number of carbonyl (C=O) groups excluding carboxylic acids is 2. The Morgan fingerprint density at radius 3 is 2.29 bits per heavy atom. The van der Waals surface area contributed by atoms with Gasteiger partial charge in [-0.25, -0.2) is 0 Å². The minimum Gasteiger partial charge on any atom is -0.466 e. The van der Waals surface area contributed by atoms with E-state index >= 15 is 0 Å². The molecule has 0 fully saturated rings. The predicted molar refractivity (Wildman–Crippen MR) is 67.6 cm³/mol. The Balaban J connectivity index is 4.29. The molecule has 0 saturated heterocycles. The Morgan fingerprint density at radius 2 is 1.82 bits per heavy atom. The van der Waals surface area contributed by atoms with Crippen LogP contribution in [0.3, 0.4) is 0 Å². The van der Waals surface area contributed by atoms with Crippen molar-refractivity contribution in [2.75, 3.05) is 13.2 Å². The largest absolute Gasteiger partial charge is 0.466 e. The van der Waals surface area contributed by atoms with Gasteiger partial charge < -0.3 is 9.64 Å². The van der Waals surface area contributed by atoms with Crippen LogP contribution < -0.4 is 0 Å². The highest BCUT2D eigenvalue weighted by molar-refractivity contribution is 5.77. The molecule has 0 radical (unpaired) electrons. The maximum absolute atomic E-state index is 11.9. The maximum atomic E-state index is 11.9. The van der Waals surface area contributed by atoms with Gasteiger partial charge in [0, 0.05) is 19.0 Å². The second-order valence-corrected chi connectivity index (χ2v) is 4.15. The summed E-state index contributed by atoms with van der Waals surface area (Å²) in [7, 11) is 0. The van der Waals surface area contributed by atoms with Gasteiger partial charge in [0.05, 0.1) is 13.0 Å². The van der Waals surface area contributed by atoms with Crippen LogP contribution >= 0.6 is 0 Å². The highest BCUT2D eigenvalue weighted by Crippen LogP contribution is 2.08. The molecule has 0 saturated carbocycles. The van der Waals surface area contributed by atoms with Crippen LogP contribution in [0.2, 0.25) is 0 Å². The lowest BCUT2D eigenvalue weighted by Gasteiger charge is -2.28. The van der Waals surface area contributed by atoms with Crippen LogP contribution in [0.25, 0.3) is 0 Å². The first kappa shape index (κ1) is 15.9. The summed E-state index contributed by atoms with van der Waals surface area (Å²) in [5.74, 6) is -0.101. The third-order valence-electron chi connectivity index (χ3n) is 2.77. The highest BCUT2D eigenvalue weighted by Gasteiger charge is 2.19. The van der Waals surface area contributed by atoms with Crippen LogP contribution in [-0.2, 0) is 14.3 Å². The lowest BCUT2D eigenvalue weighted by Crippen LogP contribution is -2.39. The van der Waals surface area contributed by atoms with Crippen molar-refractivity contribution in [3.8, 4) is 0 Å². The van der Waals surface area contributed by atoms with Crippen LogP contribution in [0, 0.1) is 0 Å². The summed E-state index contributed by atoms with van der Waals surface area (Å²) in [6, 6.07) is 0.184. The van der Waals surface area contributed by atoms with Gasteiger partial charge in [-0.1, -0.05) is 13.8 Å². The summed E-state index contributed by atoms with van der Waals surface area (Å²) >= 11 is 0. The van der Waals surface area contributed by atoms with Crippen LogP contribution in [0.5, 0.6) is 0 Å². The molecule has 1 atom stereocenters. The third-order valence-corrected chi connectivity index (χ3v) is 2.77. The van der Waals surface area contributed by atoms with Crippen molar-refractivity contribution in [2.24, 2.45) is 0 Å². The molecule has 0 aliphatic rings. The summed E-state index contributed by atoms with van der Waals surface area (Å²) in [4.78, 5) is 25.0. The Morgan fingerprint density at radius 1 is 1.18 bits per heavy atom. The number of hydrogen-bond acceptors (Lipinski definition) is 3. The Kier molecular flexibility index (Phi) is 8.46. The first-order chi connectivity index (χ1) is 8.06. The van der Waals surface area contributed by atoms with Gasteiger partial charge in [-0.3, -0.25) is 9.59 Å². The predicted octanol–water partition coefficient (Wildman–Crippen LogP) is 2.37. The monoisotopic (exact) mass is 243 g/mol. The van der Waals surface area contributed by atoms with Crippen LogP contribution in [0.15, 0.2) is 0 Å². The fraction of sp³-hybridized carbons (Fsp3) is 0.846. The SMILES string of the molecule is CCCC(=O)N(CCC(=O)OCC)C(C)CC. The van der Waals surface area contributed by atoms with E-state index in [4.69, 9.17) is 4.74 Å². The Bertz CT molecular complexity index is 241. The molecule has 0 aromatic heterocycles. The van der Waals surface area contributed by atoms with E-state index in [0.717, 1.165) is 12.8 Å². The van der Waals surface area contributed by atoms with Crippen molar-refractivity contribution < 1.29 is 14.3 Å². The highest BCUT2D eigenvalue weighted by atomic mass is 16.5. The van der Waals surface area contributed by atoms with Gasteiger partial charge in [0.2, 0.25) is 5.91 Å². The Hall–Kier alpha value is -1.06. The zero-order valence-electron chi connectivity index (χ0n) is 11.5. The van der Waals surface area contributed by atoms with Gasteiger partial charge in [0.1, 0.15) is 0 Å². The van der Waals surface area contributed by atoms with E-state index in [1.807, 2.05) is 20.8 Å². The van der Waals surface area contributed by atoms with Gasteiger partial charge in [-0.05, 0) is 26.7 Å². The van der Waals surface area contributed by atoms with E-state index in [1.165, 1.54) is 0 Å². The van der Waals surface area contributed by atoms with Crippen molar-refractivity contribution in [1.82, 2.24) is 4.90 Å². The molecule has 0 aromatic carbocycles. The summed E-state index contributed by atoms with van der Waals surface area (Å²) in [5.41, 5.74) is 0. The van der Waals surface area contributed by atoms with Crippen molar-refractivity contribution >= 4 is 11.9 Å². The number of carbonyl (C=O) groups is 2. The molecule has 0 aliphatic heterocycles. The maximum Gasteiger partial charge on any atom is 0.307 e. The lowest BCUT2D eigenvalue weighted by molar-refractivity contribution is -0.144. The van der Waals surface area contributed by atoms with Gasteiger partial charge in [0.25, 0.3) is 0 Å². The summed E-state index contributed by atoms with van der Waals surface area (Å²) in [5, 5.41) is 0. The topological polar surface area (TPSA) is 46.6 Å². The van der Waals surface area contributed by atoms with Crippen molar-refractivity contribution in [3.63, 3.8) is 0 Å². The van der Waals surface area contributed by atoms with Crippen molar-refractivity contribution in [3.05, 3.63) is 0 Å². The fourth-order valence-electron chi connectivity index (χ4n) is 1.61. The van der Waals surface area contributed by atoms with Crippen molar-refractivity contribution in [1.29, 1.82) is 0 Å². The Labute approximate surface area is 104 Å². The fourth-order valence-corrected chi connectivity index (χ4v) is 1.61. The molecule has 0 heterocycles. The first-order valence-corrected chi connectivity index (χ1v) is 6.51. The standard InChI is InChI=1S/C13H25NO3/c1-5-8-12(15)14(11(4)6-2)10-9-13(16)17-7-3/h11H,5-10H2,1-4H3. The molecule has 1 amide bonds. The molecule has 0 rings (SSSR count). The van der Waals surface area contributed by atoms with Crippen molar-refractivity contribution in [2.45, 2.75) is 59.4 Å². The molecule has 0 aliphatic carbocycles. The van der Waals surface area contributed by atoms with Gasteiger partial charge in [-0.2, -0.15) is 0 Å². The third kappa shape index (κ3) is 6.29. The average Bonchev–Trinajstić information content (AvgIpc) is 2.29. The van der Waals surface area contributed by atoms with Crippen LogP contribution in [0.4, 0.5) is 0 Å². The summed E-state index contributed by atoms with van der Waals surface area (Å²) in [6.45, 7) is 8.68. The van der Waals surface area contributed by atoms with E-state index in [1.54, 1.807) is 11.8 Å². The molecular formula is C13H25NO3. The summed E-state index contributed by atoms with van der Waals surface area (Å²) in [6.07, 6.45) is 2.57. The molecule has 0 bridgehead atoms. The summed E-state index contributed by atoms with van der Waals surface area (Å²) < 4.78 is 4.87. The number of nitrogens with zero attached hydrogens (tertiary/aromatic N) is 1. The number of ether oxygens (including phenoxy) is 1. The molecular weight excluding hydrogens is 218 g/mol. The number of amides is 1. The van der Waals surface area contributed by atoms with E-state index in [0.29, 0.717) is 19.6 Å². The van der Waals surface area contributed by atoms with E-state index < -0.39 is 0 Å². The number of hydrogen-bond donors (Lipinski definition) is 0. The van der Waals surface area contributed by atoms with Crippen LogP contribution in [-0.4, -0.2) is 36.0 Å². The first-order valence-electron chi connectivity index (χ1n) is 6.51. The van der Waals surface area contributed by atoms with Gasteiger partial charge in [-0.15, -0.1) is 0 Å². The molecule has 0 spiro atoms. The van der Waals surface area contributed by atoms with E-state index in [9.17, 15) is 9.59 Å². The van der Waals surface area contributed by atoms with Crippen LogP contribution in [0.1, 0.15) is 53.4 Å². The smallest absolute Gasteiger partial charge is 0.307 e. The normalized spacial score (nSPS) is 12.0. The van der Waals surface area contributed by atoms with E-state index in [-0.39, 0.29) is 24.3 Å². The zero-order valence-corrected chi connectivity index (χ0v) is 11.5. The minimum atomic E-state index is -0.231. The van der Waals surface area contributed by atoms with Gasteiger partial charge in [0.15, 0.2) is 0 Å². The molecule has 0 aromatic rings. The molecule has 100 valence electrons. The number of esters is 1. The second kappa shape index (κ2) is 9.02. The minimum absolute atomic E-state index is 0.131. The second-order valence-electron chi connectivity index (χ2n) is 4.15.